The lowest BCUT2D eigenvalue weighted by Crippen LogP contribution is -2.51. The largest absolute Gasteiger partial charge is 0.357 e. The molecule has 6 heterocycles. The zero-order valence-electron chi connectivity index (χ0n) is 28.6. The fraction of sp³-hybridized carbons (Fsp3) is 0.381. The number of aryl methyl sites for hydroxylation is 2. The summed E-state index contributed by atoms with van der Waals surface area (Å²) in [6.07, 6.45) is 16.4. The average Bonchev–Trinajstić information content (AvgIpc) is 3.96. The van der Waals surface area contributed by atoms with Crippen LogP contribution in [0.4, 0.5) is 4.39 Å². The maximum absolute atomic E-state index is 13.7. The molecule has 0 atom stereocenters. The molecule has 13 rings (SSSR count). The van der Waals surface area contributed by atoms with Crippen LogP contribution in [0, 0.1) is 5.82 Å². The summed E-state index contributed by atoms with van der Waals surface area (Å²) >= 11 is 6.12. The van der Waals surface area contributed by atoms with Crippen molar-refractivity contribution in [3.8, 4) is 33.8 Å². The summed E-state index contributed by atoms with van der Waals surface area (Å²) in [5, 5.41) is 7.22. The first-order valence-corrected chi connectivity index (χ1v) is 19.2. The van der Waals surface area contributed by atoms with E-state index in [4.69, 9.17) is 11.6 Å². The highest BCUT2D eigenvalue weighted by molar-refractivity contribution is 6.29. The number of halogens is 2. The molecular weight excluding hydrogens is 675 g/mol. The number of pyridine rings is 2. The van der Waals surface area contributed by atoms with Crippen LogP contribution in [0.2, 0.25) is 5.15 Å². The molecule has 4 fully saturated rings. The van der Waals surface area contributed by atoms with E-state index >= 15 is 0 Å². The molecule has 1 aromatic carbocycles. The van der Waals surface area contributed by atoms with Crippen molar-refractivity contribution in [2.24, 2.45) is 0 Å². The van der Waals surface area contributed by atoms with E-state index in [1.807, 2.05) is 24.5 Å². The summed E-state index contributed by atoms with van der Waals surface area (Å²) in [5.74, 6) is -0.0494. The Bertz CT molecular complexity index is 2480. The van der Waals surface area contributed by atoms with Crippen molar-refractivity contribution in [2.45, 2.75) is 99.0 Å². The van der Waals surface area contributed by atoms with E-state index in [9.17, 15) is 14.0 Å². The van der Waals surface area contributed by atoms with Crippen molar-refractivity contribution >= 4 is 23.4 Å². The molecule has 260 valence electrons. The number of carbonyl (C=O) groups excluding carboxylic acids is 2. The van der Waals surface area contributed by atoms with E-state index < -0.39 is 0 Å². The number of nitrogens with one attached hydrogen (secondary N) is 4. The van der Waals surface area contributed by atoms with Crippen LogP contribution in [0.25, 0.3) is 33.8 Å². The summed E-state index contributed by atoms with van der Waals surface area (Å²) in [5.41, 5.74) is 15.1. The van der Waals surface area contributed by atoms with Gasteiger partial charge in [-0.05, 0) is 124 Å². The first-order valence-electron chi connectivity index (χ1n) is 18.8. The minimum Gasteiger partial charge on any atom is -0.357 e. The summed E-state index contributed by atoms with van der Waals surface area (Å²) in [6.45, 7) is 0. The minimum atomic E-state index is -0.264. The summed E-state index contributed by atoms with van der Waals surface area (Å²) in [4.78, 5) is 42.0. The molecule has 2 aliphatic heterocycles. The van der Waals surface area contributed by atoms with Crippen LogP contribution in [-0.2, 0) is 36.5 Å². The maximum Gasteiger partial charge on any atom is 0.253 e. The number of aromatic amines is 2. The second kappa shape index (κ2) is 9.61. The third kappa shape index (κ3) is 3.77. The second-order valence-corrected chi connectivity index (χ2v) is 17.0. The first kappa shape index (κ1) is 29.8. The van der Waals surface area contributed by atoms with E-state index in [1.54, 1.807) is 6.07 Å². The average molecular weight is 711 g/mol. The van der Waals surface area contributed by atoms with E-state index in [2.05, 4.69) is 36.6 Å². The Morgan fingerprint density at radius 3 is 1.71 bits per heavy atom. The molecule has 6 aliphatic carbocycles. The summed E-state index contributed by atoms with van der Waals surface area (Å²) in [7, 11) is 0. The van der Waals surface area contributed by atoms with Gasteiger partial charge in [-0.1, -0.05) is 23.7 Å². The predicted octanol–water partition coefficient (Wildman–Crippen LogP) is 7.43. The van der Waals surface area contributed by atoms with Gasteiger partial charge in [-0.2, -0.15) is 0 Å². The molecule has 4 aromatic heterocycles. The Morgan fingerprint density at radius 1 is 0.654 bits per heavy atom. The SMILES string of the molecule is O=C1NC2(CC2)C2(CC2)c2[nH]c3c(c21)CCc1cnc(-c2cccc(F)c2)cc1-3.O=C1NC2(CC2)C2(CC2)c2[nH]c3c(c21)CCc1cnc(Cl)cc1-3. The van der Waals surface area contributed by atoms with Crippen molar-refractivity contribution in [3.05, 3.63) is 105 Å². The highest BCUT2D eigenvalue weighted by Gasteiger charge is 2.72. The van der Waals surface area contributed by atoms with E-state index in [0.717, 1.165) is 115 Å². The Hall–Kier alpha value is -4.76. The minimum absolute atomic E-state index is 0.00166. The van der Waals surface area contributed by atoms with Gasteiger partial charge in [0, 0.05) is 51.3 Å². The lowest BCUT2D eigenvalue weighted by Gasteiger charge is -2.33. The van der Waals surface area contributed by atoms with Gasteiger partial charge in [0.2, 0.25) is 0 Å². The number of aromatic nitrogens is 4. The molecule has 4 spiro atoms. The number of H-pyrrole nitrogens is 2. The fourth-order valence-corrected chi connectivity index (χ4v) is 11.0. The van der Waals surface area contributed by atoms with Crippen molar-refractivity contribution < 1.29 is 14.0 Å². The van der Waals surface area contributed by atoms with Crippen LogP contribution in [0.1, 0.15) is 106 Å². The Kier molecular flexibility index (Phi) is 5.50. The topological polar surface area (TPSA) is 116 Å². The summed E-state index contributed by atoms with van der Waals surface area (Å²) < 4.78 is 13.7. The lowest BCUT2D eigenvalue weighted by atomic mass is 9.81. The van der Waals surface area contributed by atoms with Crippen LogP contribution < -0.4 is 10.6 Å². The number of benzene rings is 1. The molecule has 0 saturated heterocycles. The zero-order chi connectivity index (χ0) is 34.8. The number of hydrogen-bond donors (Lipinski definition) is 4. The molecule has 4 saturated carbocycles. The highest BCUT2D eigenvalue weighted by atomic mass is 35.5. The molecule has 2 amide bonds. The van der Waals surface area contributed by atoms with Gasteiger partial charge in [-0.3, -0.25) is 14.6 Å². The molecule has 0 radical (unpaired) electrons. The number of fused-ring (bicyclic) bond motifs is 14. The zero-order valence-corrected chi connectivity index (χ0v) is 29.3. The van der Waals surface area contributed by atoms with Crippen molar-refractivity contribution in [3.63, 3.8) is 0 Å². The molecule has 5 aromatic rings. The van der Waals surface area contributed by atoms with Gasteiger partial charge in [0.05, 0.1) is 39.3 Å². The van der Waals surface area contributed by atoms with Gasteiger partial charge in [0.1, 0.15) is 11.0 Å². The highest BCUT2D eigenvalue weighted by Crippen LogP contribution is 2.68. The third-order valence-electron chi connectivity index (χ3n) is 14.0. The standard InChI is InChI=1S/C24H20FN3O.C18H16ClN3O/c25-15-3-1-2-13(10-15)18-11-17-14(12-26-18)4-5-16-19-21(27-20(16)17)23(6-7-23)24(8-9-24)28-22(19)29;19-12-7-11-9(8-20-12)1-2-10-13-15(21-14(10)11)17(3-4-17)18(5-6-18)22-16(13)23/h1-3,10-12,27H,4-9H2,(H,28,29);7-8,21H,1-6H2,(H,22,23). The molecule has 52 heavy (non-hydrogen) atoms. The second-order valence-electron chi connectivity index (χ2n) is 16.6. The molecule has 8 aliphatic rings. The van der Waals surface area contributed by atoms with Gasteiger partial charge in [-0.15, -0.1) is 0 Å². The Labute approximate surface area is 304 Å². The van der Waals surface area contributed by atoms with Crippen molar-refractivity contribution in [1.82, 2.24) is 30.6 Å². The first-order chi connectivity index (χ1) is 25.2. The van der Waals surface area contributed by atoms with E-state index in [0.29, 0.717) is 5.15 Å². The van der Waals surface area contributed by atoms with Crippen molar-refractivity contribution in [2.75, 3.05) is 0 Å². The molecule has 8 nitrogen and oxygen atoms in total. The van der Waals surface area contributed by atoms with Gasteiger partial charge in [0.25, 0.3) is 11.8 Å². The summed E-state index contributed by atoms with van der Waals surface area (Å²) in [6, 6.07) is 10.5. The predicted molar refractivity (Wildman–Crippen MR) is 194 cm³/mol. The third-order valence-corrected chi connectivity index (χ3v) is 14.3. The van der Waals surface area contributed by atoms with E-state index in [-0.39, 0.29) is 39.5 Å². The van der Waals surface area contributed by atoms with Gasteiger partial charge < -0.3 is 20.6 Å². The maximum atomic E-state index is 13.7. The molecule has 4 N–H and O–H groups in total. The van der Waals surface area contributed by atoms with Crippen LogP contribution in [-0.4, -0.2) is 42.8 Å². The normalized spacial score (nSPS) is 22.5. The van der Waals surface area contributed by atoms with E-state index in [1.165, 1.54) is 53.1 Å². The molecular formula is C42H36ClFN6O2. The van der Waals surface area contributed by atoms with Gasteiger partial charge in [0.15, 0.2) is 0 Å². The lowest BCUT2D eigenvalue weighted by molar-refractivity contribution is 0.0890. The Morgan fingerprint density at radius 2 is 1.19 bits per heavy atom. The number of nitrogens with zero attached hydrogens (tertiary/aromatic N) is 2. The number of hydrogen-bond acceptors (Lipinski definition) is 4. The Balaban J connectivity index is 0.000000121. The number of rotatable bonds is 1. The van der Waals surface area contributed by atoms with Gasteiger partial charge in [-0.25, -0.2) is 9.37 Å². The number of carbonyl (C=O) groups is 2. The van der Waals surface area contributed by atoms with Crippen LogP contribution in [0.15, 0.2) is 48.8 Å². The van der Waals surface area contributed by atoms with Crippen molar-refractivity contribution in [1.29, 1.82) is 0 Å². The molecule has 10 heteroatoms. The van der Waals surface area contributed by atoms with Gasteiger partial charge >= 0.3 is 0 Å². The quantitative estimate of drug-likeness (QED) is 0.136. The van der Waals surface area contributed by atoms with Crippen LogP contribution >= 0.6 is 11.6 Å². The fourth-order valence-electron chi connectivity index (χ4n) is 10.8. The monoisotopic (exact) mass is 710 g/mol. The smallest absolute Gasteiger partial charge is 0.253 e. The van der Waals surface area contributed by atoms with Crippen LogP contribution in [0.5, 0.6) is 0 Å². The molecule has 0 bridgehead atoms. The number of amides is 2. The molecule has 0 unspecified atom stereocenters. The van der Waals surface area contributed by atoms with Crippen LogP contribution in [0.3, 0.4) is 0 Å².